The van der Waals surface area contributed by atoms with Gasteiger partial charge in [0.25, 0.3) is 0 Å². The van der Waals surface area contributed by atoms with Gasteiger partial charge in [-0.25, -0.2) is 0 Å². The van der Waals surface area contributed by atoms with Gasteiger partial charge in [0.1, 0.15) is 18.4 Å². The number of carbonyl (C=O) groups excluding carboxylic acids is 1. The number of hydrogen-bond donors (Lipinski definition) is 1. The first-order chi connectivity index (χ1) is 12.1. The van der Waals surface area contributed by atoms with Crippen LogP contribution in [-0.4, -0.2) is 43.8 Å². The molecule has 0 saturated heterocycles. The van der Waals surface area contributed by atoms with Crippen molar-refractivity contribution in [3.63, 3.8) is 0 Å². The van der Waals surface area contributed by atoms with Gasteiger partial charge < -0.3 is 10.1 Å². The van der Waals surface area contributed by atoms with Crippen LogP contribution >= 0.6 is 11.8 Å². The van der Waals surface area contributed by atoms with Crippen LogP contribution in [0.5, 0.6) is 5.75 Å². The van der Waals surface area contributed by atoms with Gasteiger partial charge in [-0.05, 0) is 37.6 Å². The molecule has 0 radical (unpaired) electrons. The average Bonchev–Trinajstić information content (AvgIpc) is 2.62. The first kappa shape index (κ1) is 18.8. The van der Waals surface area contributed by atoms with Crippen LogP contribution in [0.3, 0.4) is 0 Å². The maximum absolute atomic E-state index is 12.2. The summed E-state index contributed by atoms with van der Waals surface area (Å²) in [5.74, 6) is 0.498. The predicted octanol–water partition coefficient (Wildman–Crippen LogP) is 3.23. The van der Waals surface area contributed by atoms with E-state index < -0.39 is 0 Å². The van der Waals surface area contributed by atoms with Crippen molar-refractivity contribution in [2.45, 2.75) is 4.90 Å². The summed E-state index contributed by atoms with van der Waals surface area (Å²) in [6, 6.07) is 16.9. The highest BCUT2D eigenvalue weighted by Gasteiger charge is 2.09. The fourth-order valence-electron chi connectivity index (χ4n) is 2.26. The van der Waals surface area contributed by atoms with Crippen LogP contribution in [0.15, 0.2) is 53.4 Å². The summed E-state index contributed by atoms with van der Waals surface area (Å²) in [7, 11) is 1.86. The van der Waals surface area contributed by atoms with E-state index in [0.717, 1.165) is 10.6 Å². The number of anilines is 1. The molecule has 0 spiro atoms. The number of benzene rings is 2. The van der Waals surface area contributed by atoms with Crippen molar-refractivity contribution in [2.24, 2.45) is 0 Å². The highest BCUT2D eigenvalue weighted by molar-refractivity contribution is 7.98. The molecule has 2 aromatic rings. The number of thioether (sulfide) groups is 1. The van der Waals surface area contributed by atoms with Gasteiger partial charge in [0.15, 0.2) is 0 Å². The third-order valence-electron chi connectivity index (χ3n) is 3.53. The SMILES string of the molecule is CSc1ccccc1NC(=O)CN(C)CCOc1ccccc1C#N. The molecule has 130 valence electrons. The van der Waals surface area contributed by atoms with E-state index in [2.05, 4.69) is 11.4 Å². The maximum atomic E-state index is 12.2. The lowest BCUT2D eigenvalue weighted by molar-refractivity contribution is -0.117. The molecule has 0 aliphatic heterocycles. The monoisotopic (exact) mass is 355 g/mol. The van der Waals surface area contributed by atoms with Gasteiger partial charge in [-0.15, -0.1) is 11.8 Å². The lowest BCUT2D eigenvalue weighted by atomic mass is 10.2. The van der Waals surface area contributed by atoms with Crippen LogP contribution in [0.1, 0.15) is 5.56 Å². The zero-order valence-corrected chi connectivity index (χ0v) is 15.2. The molecule has 0 aromatic heterocycles. The van der Waals surface area contributed by atoms with Crippen molar-refractivity contribution in [2.75, 3.05) is 38.3 Å². The zero-order valence-electron chi connectivity index (χ0n) is 14.4. The van der Waals surface area contributed by atoms with Crippen LogP contribution in [-0.2, 0) is 4.79 Å². The number of nitrogens with one attached hydrogen (secondary N) is 1. The first-order valence-electron chi connectivity index (χ1n) is 7.87. The summed E-state index contributed by atoms with van der Waals surface area (Å²) < 4.78 is 5.64. The van der Waals surface area contributed by atoms with E-state index in [1.165, 1.54) is 0 Å². The summed E-state index contributed by atoms with van der Waals surface area (Å²) >= 11 is 1.60. The molecule has 1 N–H and O–H groups in total. The Morgan fingerprint density at radius 2 is 1.96 bits per heavy atom. The number of para-hydroxylation sites is 2. The Bertz CT molecular complexity index is 758. The van der Waals surface area contributed by atoms with E-state index in [9.17, 15) is 4.79 Å². The van der Waals surface area contributed by atoms with Gasteiger partial charge in [0.05, 0.1) is 17.8 Å². The molecule has 0 heterocycles. The summed E-state index contributed by atoms with van der Waals surface area (Å²) in [6.45, 7) is 1.26. The number of rotatable bonds is 8. The number of amides is 1. The van der Waals surface area contributed by atoms with Gasteiger partial charge in [-0.3, -0.25) is 9.69 Å². The number of likely N-dealkylation sites (N-methyl/N-ethyl adjacent to an activating group) is 1. The van der Waals surface area contributed by atoms with Crippen molar-refractivity contribution in [3.05, 3.63) is 54.1 Å². The summed E-state index contributed by atoms with van der Waals surface area (Å²) in [5, 5.41) is 12.0. The van der Waals surface area contributed by atoms with E-state index in [-0.39, 0.29) is 12.5 Å². The summed E-state index contributed by atoms with van der Waals surface area (Å²) in [5.41, 5.74) is 1.34. The van der Waals surface area contributed by atoms with E-state index in [1.807, 2.05) is 48.5 Å². The lowest BCUT2D eigenvalue weighted by Crippen LogP contribution is -2.33. The number of nitrogens with zero attached hydrogens (tertiary/aromatic N) is 2. The predicted molar refractivity (Wildman–Crippen MR) is 101 cm³/mol. The Hall–Kier alpha value is -2.49. The van der Waals surface area contributed by atoms with Crippen molar-refractivity contribution < 1.29 is 9.53 Å². The van der Waals surface area contributed by atoms with Crippen LogP contribution < -0.4 is 10.1 Å². The van der Waals surface area contributed by atoms with Crippen LogP contribution in [0, 0.1) is 11.3 Å². The Labute approximate surface area is 152 Å². The number of nitriles is 1. The molecule has 1 amide bonds. The molecule has 25 heavy (non-hydrogen) atoms. The highest BCUT2D eigenvalue weighted by atomic mass is 32.2. The van der Waals surface area contributed by atoms with E-state index in [4.69, 9.17) is 10.00 Å². The van der Waals surface area contributed by atoms with Crippen LogP contribution in [0.4, 0.5) is 5.69 Å². The first-order valence-corrected chi connectivity index (χ1v) is 9.10. The smallest absolute Gasteiger partial charge is 0.238 e. The van der Waals surface area contributed by atoms with E-state index in [1.54, 1.807) is 30.0 Å². The second-order valence-electron chi connectivity index (χ2n) is 5.44. The third-order valence-corrected chi connectivity index (χ3v) is 4.33. The van der Waals surface area contributed by atoms with Gasteiger partial charge in [0.2, 0.25) is 5.91 Å². The molecular weight excluding hydrogens is 334 g/mol. The van der Waals surface area contributed by atoms with Crippen molar-refractivity contribution in [1.29, 1.82) is 5.26 Å². The molecule has 0 fully saturated rings. The van der Waals surface area contributed by atoms with Crippen LogP contribution in [0.25, 0.3) is 0 Å². The molecular formula is C19H21N3O2S. The van der Waals surface area contributed by atoms with Gasteiger partial charge in [-0.2, -0.15) is 5.26 Å². The molecule has 5 nitrogen and oxygen atoms in total. The molecule has 0 atom stereocenters. The Kier molecular flexibility index (Phi) is 7.33. The van der Waals surface area contributed by atoms with Crippen LogP contribution in [0.2, 0.25) is 0 Å². The highest BCUT2D eigenvalue weighted by Crippen LogP contribution is 2.24. The second kappa shape index (κ2) is 9.72. The van der Waals surface area contributed by atoms with Crippen molar-refractivity contribution in [1.82, 2.24) is 4.90 Å². The number of ether oxygens (including phenoxy) is 1. The fraction of sp³-hybridized carbons (Fsp3) is 0.263. The van der Waals surface area contributed by atoms with Gasteiger partial charge in [0, 0.05) is 11.4 Å². The standard InChI is InChI=1S/C19H21N3O2S/c1-22(11-12-24-17-9-5-3-7-15(17)13-20)14-19(23)21-16-8-4-6-10-18(16)25-2/h3-10H,11-12,14H2,1-2H3,(H,21,23). The molecule has 2 rings (SSSR count). The van der Waals surface area contributed by atoms with Crippen molar-refractivity contribution in [3.8, 4) is 11.8 Å². The largest absolute Gasteiger partial charge is 0.491 e. The summed E-state index contributed by atoms with van der Waals surface area (Å²) in [6.07, 6.45) is 1.98. The topological polar surface area (TPSA) is 65.4 Å². The summed E-state index contributed by atoms with van der Waals surface area (Å²) in [4.78, 5) is 15.1. The van der Waals surface area contributed by atoms with Gasteiger partial charge >= 0.3 is 0 Å². The number of carbonyl (C=O) groups is 1. The molecule has 6 heteroatoms. The molecule has 0 bridgehead atoms. The van der Waals surface area contributed by atoms with Crippen molar-refractivity contribution >= 4 is 23.4 Å². The Balaban J connectivity index is 1.79. The molecule has 2 aromatic carbocycles. The lowest BCUT2D eigenvalue weighted by Gasteiger charge is -2.17. The third kappa shape index (κ3) is 5.82. The zero-order chi connectivity index (χ0) is 18.1. The normalized spacial score (nSPS) is 10.3. The quantitative estimate of drug-likeness (QED) is 0.737. The maximum Gasteiger partial charge on any atom is 0.238 e. The van der Waals surface area contributed by atoms with Gasteiger partial charge in [-0.1, -0.05) is 24.3 Å². The Morgan fingerprint density at radius 1 is 1.24 bits per heavy atom. The molecule has 0 unspecified atom stereocenters. The molecule has 0 saturated carbocycles. The second-order valence-corrected chi connectivity index (χ2v) is 6.29. The number of hydrogen-bond acceptors (Lipinski definition) is 5. The minimum absolute atomic E-state index is 0.0681. The van der Waals surface area contributed by atoms with E-state index in [0.29, 0.717) is 24.5 Å². The molecule has 0 aliphatic rings. The average molecular weight is 355 g/mol. The minimum atomic E-state index is -0.0681. The van der Waals surface area contributed by atoms with E-state index >= 15 is 0 Å². The fourth-order valence-corrected chi connectivity index (χ4v) is 2.81. The minimum Gasteiger partial charge on any atom is -0.491 e. The molecule has 0 aliphatic carbocycles. The Morgan fingerprint density at radius 3 is 2.72 bits per heavy atom.